The number of carboxylic acids is 1. The van der Waals surface area contributed by atoms with Crippen molar-refractivity contribution < 1.29 is 14.7 Å². The topological polar surface area (TPSA) is 57.6 Å². The zero-order valence-corrected chi connectivity index (χ0v) is 13.7. The Hall–Kier alpha value is -1.84. The van der Waals surface area contributed by atoms with Gasteiger partial charge >= 0.3 is 5.97 Å². The van der Waals surface area contributed by atoms with E-state index in [0.717, 1.165) is 25.7 Å². The van der Waals surface area contributed by atoms with Crippen molar-refractivity contribution in [2.24, 2.45) is 17.3 Å². The number of hydrogen-bond donors (Lipinski definition) is 1. The Bertz CT molecular complexity index is 580. The average Bonchev–Trinajstić information content (AvgIpc) is 2.51. The molecule has 4 nitrogen and oxygen atoms in total. The zero-order chi connectivity index (χ0) is 16.4. The average molecular weight is 315 g/mol. The van der Waals surface area contributed by atoms with E-state index >= 15 is 0 Å². The number of carbonyl (C=O) groups is 2. The van der Waals surface area contributed by atoms with Crippen molar-refractivity contribution in [2.75, 3.05) is 13.1 Å². The molecule has 2 atom stereocenters. The van der Waals surface area contributed by atoms with Gasteiger partial charge < -0.3 is 10.0 Å². The third-order valence-electron chi connectivity index (χ3n) is 5.66. The maximum absolute atomic E-state index is 13.1. The van der Waals surface area contributed by atoms with E-state index in [0.29, 0.717) is 19.5 Å². The summed E-state index contributed by atoms with van der Waals surface area (Å²) < 4.78 is 0. The Kier molecular flexibility index (Phi) is 4.42. The fraction of sp³-hybridized carbons (Fsp3) is 0.579. The standard InChI is InChI=1S/C19H25NO3/c1-14-13-20(11-8-16(14)17(21)22)18(23)19(9-5-10-19)12-15-6-3-2-4-7-15/h2-4,6-7,14,16H,5,8-13H2,1H3,(H,21,22). The van der Waals surface area contributed by atoms with Crippen LogP contribution >= 0.6 is 0 Å². The largest absolute Gasteiger partial charge is 0.481 e. The zero-order valence-electron chi connectivity index (χ0n) is 13.7. The summed E-state index contributed by atoms with van der Waals surface area (Å²) in [6.07, 6.45) is 4.39. The smallest absolute Gasteiger partial charge is 0.306 e. The number of carbonyl (C=O) groups excluding carboxylic acids is 1. The van der Waals surface area contributed by atoms with Crippen molar-refractivity contribution >= 4 is 11.9 Å². The Labute approximate surface area is 137 Å². The van der Waals surface area contributed by atoms with Crippen LogP contribution in [0.1, 0.15) is 38.2 Å². The first-order valence-corrected chi connectivity index (χ1v) is 8.58. The quantitative estimate of drug-likeness (QED) is 0.929. The summed E-state index contributed by atoms with van der Waals surface area (Å²) in [6, 6.07) is 10.2. The third-order valence-corrected chi connectivity index (χ3v) is 5.66. The molecule has 0 radical (unpaired) electrons. The number of hydrogen-bond acceptors (Lipinski definition) is 2. The highest BCUT2D eigenvalue weighted by Crippen LogP contribution is 2.46. The molecular weight excluding hydrogens is 290 g/mol. The lowest BCUT2D eigenvalue weighted by Gasteiger charge is -2.46. The minimum absolute atomic E-state index is 0.0269. The van der Waals surface area contributed by atoms with Gasteiger partial charge in [0.1, 0.15) is 0 Å². The van der Waals surface area contributed by atoms with Gasteiger partial charge in [0.2, 0.25) is 5.91 Å². The number of likely N-dealkylation sites (tertiary alicyclic amines) is 1. The molecule has 4 heteroatoms. The second kappa shape index (κ2) is 6.34. The molecule has 1 amide bonds. The van der Waals surface area contributed by atoms with E-state index in [1.807, 2.05) is 30.0 Å². The minimum Gasteiger partial charge on any atom is -0.481 e. The number of piperidine rings is 1. The van der Waals surface area contributed by atoms with E-state index in [9.17, 15) is 14.7 Å². The molecule has 1 N–H and O–H groups in total. The molecule has 1 saturated carbocycles. The monoisotopic (exact) mass is 315 g/mol. The van der Waals surface area contributed by atoms with Crippen molar-refractivity contribution in [3.05, 3.63) is 35.9 Å². The number of aliphatic carboxylic acids is 1. The highest BCUT2D eigenvalue weighted by molar-refractivity contribution is 5.84. The van der Waals surface area contributed by atoms with Gasteiger partial charge in [-0.25, -0.2) is 0 Å². The summed E-state index contributed by atoms with van der Waals surface area (Å²) in [6.45, 7) is 3.10. The van der Waals surface area contributed by atoms with Crippen LogP contribution in [0.15, 0.2) is 30.3 Å². The predicted octanol–water partition coefficient (Wildman–Crippen LogP) is 2.97. The van der Waals surface area contributed by atoms with Crippen LogP contribution in [0.4, 0.5) is 0 Å². The van der Waals surface area contributed by atoms with Crippen LogP contribution in [-0.4, -0.2) is 35.0 Å². The predicted molar refractivity (Wildman–Crippen MR) is 87.9 cm³/mol. The summed E-state index contributed by atoms with van der Waals surface area (Å²) in [4.78, 5) is 26.3. The van der Waals surface area contributed by atoms with E-state index in [1.54, 1.807) is 0 Å². The van der Waals surface area contributed by atoms with Gasteiger partial charge in [0.05, 0.1) is 11.3 Å². The van der Waals surface area contributed by atoms with E-state index in [-0.39, 0.29) is 23.2 Å². The normalized spacial score (nSPS) is 26.4. The Morgan fingerprint density at radius 3 is 2.48 bits per heavy atom. The third kappa shape index (κ3) is 3.12. The van der Waals surface area contributed by atoms with Crippen molar-refractivity contribution in [3.8, 4) is 0 Å². The number of nitrogens with zero attached hydrogens (tertiary/aromatic N) is 1. The van der Waals surface area contributed by atoms with Gasteiger partial charge in [0.15, 0.2) is 0 Å². The highest BCUT2D eigenvalue weighted by Gasteiger charge is 2.47. The van der Waals surface area contributed by atoms with Gasteiger partial charge in [-0.2, -0.15) is 0 Å². The number of benzene rings is 1. The van der Waals surface area contributed by atoms with Crippen molar-refractivity contribution in [2.45, 2.75) is 39.0 Å². The molecule has 1 saturated heterocycles. The van der Waals surface area contributed by atoms with Crippen molar-refractivity contribution in [1.82, 2.24) is 4.90 Å². The van der Waals surface area contributed by atoms with Gasteiger partial charge in [0.25, 0.3) is 0 Å². The van der Waals surface area contributed by atoms with Gasteiger partial charge in [0, 0.05) is 13.1 Å². The molecular formula is C19H25NO3. The Morgan fingerprint density at radius 1 is 1.26 bits per heavy atom. The van der Waals surface area contributed by atoms with E-state index in [4.69, 9.17) is 0 Å². The lowest BCUT2D eigenvalue weighted by atomic mass is 9.64. The van der Waals surface area contributed by atoms with Crippen LogP contribution in [0.2, 0.25) is 0 Å². The molecule has 0 bridgehead atoms. The van der Waals surface area contributed by atoms with Gasteiger partial charge in [-0.1, -0.05) is 43.7 Å². The fourth-order valence-corrected chi connectivity index (χ4v) is 4.09. The van der Waals surface area contributed by atoms with Gasteiger partial charge in [-0.05, 0) is 37.2 Å². The molecule has 124 valence electrons. The SMILES string of the molecule is CC1CN(C(=O)C2(Cc3ccccc3)CCC2)CCC1C(=O)O. The maximum atomic E-state index is 13.1. The molecule has 2 unspecified atom stereocenters. The summed E-state index contributed by atoms with van der Waals surface area (Å²) >= 11 is 0. The molecule has 3 rings (SSSR count). The molecule has 23 heavy (non-hydrogen) atoms. The van der Waals surface area contributed by atoms with Crippen LogP contribution in [0, 0.1) is 17.3 Å². The molecule has 1 aliphatic heterocycles. The molecule has 2 fully saturated rings. The van der Waals surface area contributed by atoms with Crippen LogP contribution in [-0.2, 0) is 16.0 Å². The summed E-state index contributed by atoms with van der Waals surface area (Å²) in [5.41, 5.74) is 0.964. The summed E-state index contributed by atoms with van der Waals surface area (Å²) in [5, 5.41) is 9.24. The molecule has 1 heterocycles. The maximum Gasteiger partial charge on any atom is 0.306 e. The van der Waals surface area contributed by atoms with E-state index in [2.05, 4.69) is 12.1 Å². The molecule has 0 spiro atoms. The second-order valence-corrected chi connectivity index (χ2v) is 7.26. The number of amides is 1. The summed E-state index contributed by atoms with van der Waals surface area (Å²) in [5.74, 6) is -0.778. The molecule has 1 aromatic carbocycles. The lowest BCUT2D eigenvalue weighted by molar-refractivity contribution is -0.155. The number of rotatable bonds is 4. The Balaban J connectivity index is 1.70. The highest BCUT2D eigenvalue weighted by atomic mass is 16.4. The van der Waals surface area contributed by atoms with Gasteiger partial charge in [-0.3, -0.25) is 9.59 Å². The van der Waals surface area contributed by atoms with Crippen LogP contribution < -0.4 is 0 Å². The first-order valence-electron chi connectivity index (χ1n) is 8.58. The van der Waals surface area contributed by atoms with Crippen LogP contribution in [0.5, 0.6) is 0 Å². The summed E-state index contributed by atoms with van der Waals surface area (Å²) in [7, 11) is 0. The molecule has 2 aliphatic rings. The van der Waals surface area contributed by atoms with E-state index < -0.39 is 5.97 Å². The van der Waals surface area contributed by atoms with Crippen LogP contribution in [0.25, 0.3) is 0 Å². The molecule has 0 aromatic heterocycles. The first kappa shape index (κ1) is 16.0. The first-order chi connectivity index (χ1) is 11.0. The van der Waals surface area contributed by atoms with Crippen molar-refractivity contribution in [3.63, 3.8) is 0 Å². The second-order valence-electron chi connectivity index (χ2n) is 7.26. The fourth-order valence-electron chi connectivity index (χ4n) is 4.09. The number of carboxylic acid groups (broad SMARTS) is 1. The minimum atomic E-state index is -0.729. The van der Waals surface area contributed by atoms with Crippen molar-refractivity contribution in [1.29, 1.82) is 0 Å². The lowest BCUT2D eigenvalue weighted by Crippen LogP contribution is -2.53. The van der Waals surface area contributed by atoms with Crippen LogP contribution in [0.3, 0.4) is 0 Å². The molecule has 1 aromatic rings. The molecule has 1 aliphatic carbocycles. The van der Waals surface area contributed by atoms with Gasteiger partial charge in [-0.15, -0.1) is 0 Å². The Morgan fingerprint density at radius 2 is 1.96 bits per heavy atom. The van der Waals surface area contributed by atoms with E-state index in [1.165, 1.54) is 5.56 Å².